The first-order chi connectivity index (χ1) is 7.20. The van der Waals surface area contributed by atoms with Gasteiger partial charge in [0.25, 0.3) is 0 Å². The fourth-order valence-electron chi connectivity index (χ4n) is 4.61. The van der Waals surface area contributed by atoms with Crippen LogP contribution < -0.4 is 0 Å². The fraction of sp³-hybridized carbons (Fsp3) is 0.846. The normalized spacial score (nSPS) is 51.8. The molecule has 0 spiro atoms. The molecule has 2 nitrogen and oxygen atoms in total. The lowest BCUT2D eigenvalue weighted by molar-refractivity contribution is -0.120. The zero-order valence-electron chi connectivity index (χ0n) is 9.19. The molecule has 3 saturated carbocycles. The highest BCUT2D eigenvalue weighted by Crippen LogP contribution is 2.61. The number of rotatable bonds is 2. The van der Waals surface area contributed by atoms with E-state index >= 15 is 0 Å². The van der Waals surface area contributed by atoms with E-state index in [2.05, 4.69) is 0 Å². The average molecular weight is 206 g/mol. The summed E-state index contributed by atoms with van der Waals surface area (Å²) in [6.45, 7) is 1.73. The van der Waals surface area contributed by atoms with Crippen molar-refractivity contribution in [3.63, 3.8) is 0 Å². The molecule has 6 atom stereocenters. The number of Topliss-reactive ketones (excluding diaryl/α,β-unsaturated/α-hetero) is 1. The topological polar surface area (TPSA) is 34.1 Å². The number of carbonyl (C=O) groups excluding carboxylic acids is 2. The summed E-state index contributed by atoms with van der Waals surface area (Å²) >= 11 is 0. The van der Waals surface area contributed by atoms with E-state index in [-0.39, 0.29) is 0 Å². The molecular weight excluding hydrogens is 188 g/mol. The molecule has 5 unspecified atom stereocenters. The van der Waals surface area contributed by atoms with Gasteiger partial charge in [-0.15, -0.1) is 0 Å². The zero-order valence-corrected chi connectivity index (χ0v) is 9.19. The first-order valence-corrected chi connectivity index (χ1v) is 6.16. The van der Waals surface area contributed by atoms with E-state index in [9.17, 15) is 9.59 Å². The maximum absolute atomic E-state index is 11.4. The van der Waals surface area contributed by atoms with Crippen molar-refractivity contribution in [3.05, 3.63) is 0 Å². The third-order valence-corrected chi connectivity index (χ3v) is 5.27. The Morgan fingerprint density at radius 2 is 1.80 bits per heavy atom. The summed E-state index contributed by atoms with van der Waals surface area (Å²) in [7, 11) is 0. The summed E-state index contributed by atoms with van der Waals surface area (Å²) in [6.07, 6.45) is 5.74. The van der Waals surface area contributed by atoms with Gasteiger partial charge in [-0.25, -0.2) is 0 Å². The van der Waals surface area contributed by atoms with Gasteiger partial charge in [0.15, 0.2) is 0 Å². The van der Waals surface area contributed by atoms with Gasteiger partial charge < -0.3 is 4.79 Å². The predicted molar refractivity (Wildman–Crippen MR) is 56.2 cm³/mol. The molecule has 15 heavy (non-hydrogen) atoms. The van der Waals surface area contributed by atoms with Crippen LogP contribution in [0.2, 0.25) is 0 Å². The summed E-state index contributed by atoms with van der Waals surface area (Å²) in [5.74, 6) is 3.87. The van der Waals surface area contributed by atoms with Gasteiger partial charge in [0.1, 0.15) is 12.1 Å². The average Bonchev–Trinajstić information content (AvgIpc) is 2.87. The molecule has 0 heterocycles. The molecule has 3 aliphatic carbocycles. The first-order valence-electron chi connectivity index (χ1n) is 6.16. The van der Waals surface area contributed by atoms with Crippen molar-refractivity contribution in [1.82, 2.24) is 0 Å². The van der Waals surface area contributed by atoms with E-state index in [4.69, 9.17) is 0 Å². The van der Waals surface area contributed by atoms with Crippen LogP contribution in [0.3, 0.4) is 0 Å². The van der Waals surface area contributed by atoms with Crippen LogP contribution in [0.5, 0.6) is 0 Å². The minimum Gasteiger partial charge on any atom is -0.303 e. The van der Waals surface area contributed by atoms with Gasteiger partial charge in [0.2, 0.25) is 0 Å². The molecule has 0 aromatic carbocycles. The van der Waals surface area contributed by atoms with Crippen LogP contribution in [0.1, 0.15) is 32.6 Å². The van der Waals surface area contributed by atoms with Gasteiger partial charge in [-0.2, -0.15) is 0 Å². The van der Waals surface area contributed by atoms with Crippen molar-refractivity contribution in [1.29, 1.82) is 0 Å². The fourth-order valence-corrected chi connectivity index (χ4v) is 4.61. The molecule has 0 N–H and O–H groups in total. The predicted octanol–water partition coefficient (Wildman–Crippen LogP) is 2.07. The van der Waals surface area contributed by atoms with E-state index in [1.54, 1.807) is 6.92 Å². The molecule has 3 rings (SSSR count). The van der Waals surface area contributed by atoms with Crippen molar-refractivity contribution in [2.24, 2.45) is 35.5 Å². The molecule has 3 aliphatic rings. The second-order valence-electron chi connectivity index (χ2n) is 5.80. The molecule has 0 saturated heterocycles. The molecule has 2 bridgehead atoms. The van der Waals surface area contributed by atoms with Crippen molar-refractivity contribution < 1.29 is 9.59 Å². The van der Waals surface area contributed by atoms with Gasteiger partial charge >= 0.3 is 0 Å². The molecule has 0 amide bonds. The van der Waals surface area contributed by atoms with Crippen LogP contribution in [0.15, 0.2) is 0 Å². The highest BCUT2D eigenvalue weighted by Gasteiger charge is 2.56. The molecule has 0 radical (unpaired) electrons. The van der Waals surface area contributed by atoms with Crippen LogP contribution >= 0.6 is 0 Å². The maximum Gasteiger partial charge on any atom is 0.132 e. The number of fused-ring (bicyclic) bond motifs is 5. The SMILES string of the molecule is CC(=O)C1CC2C3C[C@H](CC3C=O)C2C1. The minimum atomic E-state index is 0.315. The lowest BCUT2D eigenvalue weighted by Crippen LogP contribution is -2.24. The summed E-state index contributed by atoms with van der Waals surface area (Å²) in [4.78, 5) is 22.3. The Bertz CT molecular complexity index is 310. The van der Waals surface area contributed by atoms with Gasteiger partial charge in [-0.05, 0) is 56.3 Å². The van der Waals surface area contributed by atoms with Crippen LogP contribution in [-0.2, 0) is 9.59 Å². The van der Waals surface area contributed by atoms with E-state index in [0.29, 0.717) is 29.5 Å². The minimum absolute atomic E-state index is 0.315. The summed E-state index contributed by atoms with van der Waals surface area (Å²) in [5.41, 5.74) is 0. The summed E-state index contributed by atoms with van der Waals surface area (Å²) in [6, 6.07) is 0. The van der Waals surface area contributed by atoms with Crippen LogP contribution in [0.4, 0.5) is 0 Å². The third kappa shape index (κ3) is 1.23. The van der Waals surface area contributed by atoms with Crippen LogP contribution in [0, 0.1) is 35.5 Å². The van der Waals surface area contributed by atoms with Crippen molar-refractivity contribution in [3.8, 4) is 0 Å². The molecule has 0 aromatic rings. The second-order valence-corrected chi connectivity index (χ2v) is 5.80. The molecule has 82 valence electrons. The van der Waals surface area contributed by atoms with Gasteiger partial charge in [-0.3, -0.25) is 4.79 Å². The Morgan fingerprint density at radius 1 is 1.07 bits per heavy atom. The monoisotopic (exact) mass is 206 g/mol. The summed E-state index contributed by atoms with van der Waals surface area (Å²) in [5, 5.41) is 0. The molecule has 0 aliphatic heterocycles. The number of ketones is 1. The largest absolute Gasteiger partial charge is 0.303 e. The standard InChI is InChI=1S/C13H18O2/c1-7(15)8-3-11-9-2-10(6-14)12(5-9)13(11)4-8/h6,8-13H,2-5H2,1H3/t8?,9-,10?,11?,12?,13?/m0/s1. The Balaban J connectivity index is 1.79. The van der Waals surface area contributed by atoms with E-state index < -0.39 is 0 Å². The Hall–Kier alpha value is -0.660. The smallest absolute Gasteiger partial charge is 0.132 e. The molecular formula is C13H18O2. The molecule has 0 aromatic heterocycles. The lowest BCUT2D eigenvalue weighted by atomic mass is 9.76. The van der Waals surface area contributed by atoms with Crippen molar-refractivity contribution in [2.45, 2.75) is 32.6 Å². The third-order valence-electron chi connectivity index (χ3n) is 5.27. The van der Waals surface area contributed by atoms with Crippen molar-refractivity contribution >= 4 is 12.1 Å². The lowest BCUT2D eigenvalue weighted by Gasteiger charge is -2.28. The highest BCUT2D eigenvalue weighted by molar-refractivity contribution is 5.78. The van der Waals surface area contributed by atoms with Gasteiger partial charge in [0.05, 0.1) is 0 Å². The Kier molecular flexibility index (Phi) is 2.02. The zero-order chi connectivity index (χ0) is 10.6. The maximum atomic E-state index is 11.4. The highest BCUT2D eigenvalue weighted by atomic mass is 16.1. The molecule has 3 fully saturated rings. The van der Waals surface area contributed by atoms with Crippen LogP contribution in [0.25, 0.3) is 0 Å². The number of hydrogen-bond donors (Lipinski definition) is 0. The van der Waals surface area contributed by atoms with E-state index in [0.717, 1.165) is 31.1 Å². The van der Waals surface area contributed by atoms with Gasteiger partial charge in [0, 0.05) is 11.8 Å². The first kappa shape index (κ1) is 9.56. The van der Waals surface area contributed by atoms with E-state index in [1.807, 2.05) is 0 Å². The number of aldehydes is 1. The Morgan fingerprint density at radius 3 is 2.47 bits per heavy atom. The van der Waals surface area contributed by atoms with Crippen LogP contribution in [-0.4, -0.2) is 12.1 Å². The Labute approximate surface area is 90.4 Å². The van der Waals surface area contributed by atoms with E-state index in [1.165, 1.54) is 12.7 Å². The summed E-state index contributed by atoms with van der Waals surface area (Å²) < 4.78 is 0. The van der Waals surface area contributed by atoms with Gasteiger partial charge in [-0.1, -0.05) is 0 Å². The molecule has 2 heteroatoms. The van der Waals surface area contributed by atoms with Crippen molar-refractivity contribution in [2.75, 3.05) is 0 Å². The number of hydrogen-bond acceptors (Lipinski definition) is 2. The quantitative estimate of drug-likeness (QED) is 0.648. The second kappa shape index (κ2) is 3.16. The number of carbonyl (C=O) groups is 2.